The molecule has 0 aliphatic rings. The van der Waals surface area contributed by atoms with Crippen molar-refractivity contribution in [3.05, 3.63) is 34.5 Å². The van der Waals surface area contributed by atoms with Crippen molar-refractivity contribution in [2.45, 2.75) is 30.5 Å². The lowest BCUT2D eigenvalue weighted by Crippen LogP contribution is -2.07. The molecule has 0 amide bonds. The van der Waals surface area contributed by atoms with E-state index in [0.29, 0.717) is 5.16 Å². The van der Waals surface area contributed by atoms with Gasteiger partial charge in [0.05, 0.1) is 0 Å². The summed E-state index contributed by atoms with van der Waals surface area (Å²) in [6, 6.07) is 1.38. The Kier molecular flexibility index (Phi) is 4.51. The SMILES string of the molecule is CCCNc1ncnc(Sc2nccc(=O)[nH]2)c1C. The van der Waals surface area contributed by atoms with Crippen molar-refractivity contribution >= 4 is 17.6 Å². The molecule has 19 heavy (non-hydrogen) atoms. The summed E-state index contributed by atoms with van der Waals surface area (Å²) in [5.41, 5.74) is 0.779. The van der Waals surface area contributed by atoms with Crippen molar-refractivity contribution in [3.63, 3.8) is 0 Å². The highest BCUT2D eigenvalue weighted by molar-refractivity contribution is 7.99. The number of aromatic amines is 1. The van der Waals surface area contributed by atoms with E-state index in [4.69, 9.17) is 0 Å². The molecule has 2 rings (SSSR count). The zero-order valence-corrected chi connectivity index (χ0v) is 11.6. The second-order valence-corrected chi connectivity index (χ2v) is 4.90. The van der Waals surface area contributed by atoms with Crippen molar-refractivity contribution in [2.75, 3.05) is 11.9 Å². The summed E-state index contributed by atoms with van der Waals surface area (Å²) in [6.07, 6.45) is 4.02. The van der Waals surface area contributed by atoms with E-state index in [1.54, 1.807) is 0 Å². The van der Waals surface area contributed by atoms with Crippen molar-refractivity contribution in [1.82, 2.24) is 19.9 Å². The van der Waals surface area contributed by atoms with E-state index in [9.17, 15) is 4.79 Å². The molecule has 0 unspecified atom stereocenters. The summed E-state index contributed by atoms with van der Waals surface area (Å²) in [5, 5.41) is 4.55. The first-order valence-electron chi connectivity index (χ1n) is 5.99. The zero-order valence-electron chi connectivity index (χ0n) is 10.8. The molecule has 2 aromatic heterocycles. The molecule has 2 N–H and O–H groups in total. The van der Waals surface area contributed by atoms with E-state index in [2.05, 4.69) is 32.2 Å². The van der Waals surface area contributed by atoms with Crippen LogP contribution >= 0.6 is 11.8 Å². The van der Waals surface area contributed by atoms with Crippen molar-refractivity contribution < 1.29 is 0 Å². The van der Waals surface area contributed by atoms with Gasteiger partial charge in [-0.3, -0.25) is 4.79 Å². The summed E-state index contributed by atoms with van der Waals surface area (Å²) in [6.45, 7) is 4.90. The molecule has 0 atom stereocenters. The molecule has 7 heteroatoms. The number of rotatable bonds is 5. The largest absolute Gasteiger partial charge is 0.370 e. The van der Waals surface area contributed by atoms with Gasteiger partial charge in [0.1, 0.15) is 17.2 Å². The third-order valence-corrected chi connectivity index (χ3v) is 3.43. The third kappa shape index (κ3) is 3.54. The summed E-state index contributed by atoms with van der Waals surface area (Å²) >= 11 is 1.32. The van der Waals surface area contributed by atoms with Crippen molar-refractivity contribution in [1.29, 1.82) is 0 Å². The maximum Gasteiger partial charge on any atom is 0.251 e. The molecule has 6 nitrogen and oxygen atoms in total. The topological polar surface area (TPSA) is 83.6 Å². The van der Waals surface area contributed by atoms with Gasteiger partial charge in [0.2, 0.25) is 0 Å². The van der Waals surface area contributed by atoms with Crippen LogP contribution in [0, 0.1) is 6.92 Å². The maximum absolute atomic E-state index is 11.2. The molecule has 0 aromatic carbocycles. The number of aromatic nitrogens is 4. The Morgan fingerprint density at radius 1 is 1.37 bits per heavy atom. The maximum atomic E-state index is 11.2. The van der Waals surface area contributed by atoms with Gasteiger partial charge in [-0.2, -0.15) is 0 Å². The Morgan fingerprint density at radius 2 is 2.21 bits per heavy atom. The molecular formula is C12H15N5OS. The molecule has 0 spiro atoms. The zero-order chi connectivity index (χ0) is 13.7. The van der Waals surface area contributed by atoms with Gasteiger partial charge in [-0.15, -0.1) is 0 Å². The fourth-order valence-corrected chi connectivity index (χ4v) is 2.25. The van der Waals surface area contributed by atoms with Gasteiger partial charge in [0, 0.05) is 24.4 Å². The first-order chi connectivity index (χ1) is 9.20. The normalized spacial score (nSPS) is 10.4. The lowest BCUT2D eigenvalue weighted by atomic mass is 10.3. The number of nitrogens with zero attached hydrogens (tertiary/aromatic N) is 3. The predicted molar refractivity (Wildman–Crippen MR) is 74.5 cm³/mol. The van der Waals surface area contributed by atoms with E-state index >= 15 is 0 Å². The fraction of sp³-hybridized carbons (Fsp3) is 0.333. The Labute approximate surface area is 115 Å². The van der Waals surface area contributed by atoms with E-state index in [-0.39, 0.29) is 5.56 Å². The van der Waals surface area contributed by atoms with Crippen LogP contribution in [0.2, 0.25) is 0 Å². The summed E-state index contributed by atoms with van der Waals surface area (Å²) in [4.78, 5) is 26.4. The number of hydrogen-bond donors (Lipinski definition) is 2. The van der Waals surface area contributed by atoms with E-state index < -0.39 is 0 Å². The molecule has 2 heterocycles. The number of nitrogens with one attached hydrogen (secondary N) is 2. The number of anilines is 1. The van der Waals surface area contributed by atoms with Crippen LogP contribution in [0.5, 0.6) is 0 Å². The first-order valence-corrected chi connectivity index (χ1v) is 6.81. The smallest absolute Gasteiger partial charge is 0.251 e. The average molecular weight is 277 g/mol. The molecule has 0 bridgehead atoms. The van der Waals surface area contributed by atoms with Crippen molar-refractivity contribution in [2.24, 2.45) is 0 Å². The first kappa shape index (κ1) is 13.5. The van der Waals surface area contributed by atoms with E-state index in [1.165, 1.54) is 30.4 Å². The highest BCUT2D eigenvalue weighted by atomic mass is 32.2. The van der Waals surface area contributed by atoms with Gasteiger partial charge in [-0.25, -0.2) is 15.0 Å². The van der Waals surface area contributed by atoms with Crippen LogP contribution in [-0.2, 0) is 0 Å². The monoisotopic (exact) mass is 277 g/mol. The van der Waals surface area contributed by atoms with Gasteiger partial charge in [-0.1, -0.05) is 6.92 Å². The molecule has 0 radical (unpaired) electrons. The van der Waals surface area contributed by atoms with Crippen LogP contribution in [0.1, 0.15) is 18.9 Å². The average Bonchev–Trinajstić information content (AvgIpc) is 2.40. The Bertz CT molecular complexity index is 613. The predicted octanol–water partition coefficient (Wildman–Crippen LogP) is 1.84. The lowest BCUT2D eigenvalue weighted by Gasteiger charge is -2.09. The molecule has 0 saturated carbocycles. The molecule has 0 saturated heterocycles. The minimum absolute atomic E-state index is 0.173. The Balaban J connectivity index is 2.23. The second kappa shape index (κ2) is 6.33. The van der Waals surface area contributed by atoms with Crippen LogP contribution in [0.15, 0.2) is 33.6 Å². The van der Waals surface area contributed by atoms with Crippen LogP contribution in [0.4, 0.5) is 5.82 Å². The van der Waals surface area contributed by atoms with E-state index in [1.807, 2.05) is 6.92 Å². The van der Waals surface area contributed by atoms with Crippen LogP contribution in [0.3, 0.4) is 0 Å². The van der Waals surface area contributed by atoms with Gasteiger partial charge in [0.25, 0.3) is 5.56 Å². The Hall–Kier alpha value is -1.89. The molecular weight excluding hydrogens is 262 g/mol. The highest BCUT2D eigenvalue weighted by Crippen LogP contribution is 2.27. The molecule has 2 aromatic rings. The van der Waals surface area contributed by atoms with Gasteiger partial charge in [0.15, 0.2) is 5.16 Å². The standard InChI is InChI=1S/C12H15N5OS/c1-3-5-13-10-8(2)11(16-7-15-10)19-12-14-6-4-9(18)17-12/h4,6-7H,3,5H2,1-2H3,(H,13,15,16)(H,14,17,18). The molecule has 0 aliphatic carbocycles. The molecule has 100 valence electrons. The lowest BCUT2D eigenvalue weighted by molar-refractivity contribution is 0.916. The number of hydrogen-bond acceptors (Lipinski definition) is 6. The van der Waals surface area contributed by atoms with Crippen LogP contribution in [0.25, 0.3) is 0 Å². The number of H-pyrrole nitrogens is 1. The van der Waals surface area contributed by atoms with E-state index in [0.717, 1.165) is 29.4 Å². The van der Waals surface area contributed by atoms with Gasteiger partial charge >= 0.3 is 0 Å². The fourth-order valence-electron chi connectivity index (χ4n) is 1.45. The molecule has 0 aliphatic heterocycles. The Morgan fingerprint density at radius 3 is 2.95 bits per heavy atom. The minimum atomic E-state index is -0.173. The van der Waals surface area contributed by atoms with Gasteiger partial charge in [-0.05, 0) is 25.1 Å². The molecule has 0 fully saturated rings. The quantitative estimate of drug-likeness (QED) is 0.641. The third-order valence-electron chi connectivity index (χ3n) is 2.42. The van der Waals surface area contributed by atoms with Gasteiger partial charge < -0.3 is 10.3 Å². The van der Waals surface area contributed by atoms with Crippen LogP contribution < -0.4 is 10.9 Å². The van der Waals surface area contributed by atoms with Crippen molar-refractivity contribution in [3.8, 4) is 0 Å². The minimum Gasteiger partial charge on any atom is -0.370 e. The summed E-state index contributed by atoms with van der Waals surface area (Å²) < 4.78 is 0. The second-order valence-electron chi connectivity index (χ2n) is 3.92. The summed E-state index contributed by atoms with van der Waals surface area (Å²) in [7, 11) is 0. The van der Waals surface area contributed by atoms with Crippen LogP contribution in [-0.4, -0.2) is 26.5 Å². The summed E-state index contributed by atoms with van der Waals surface area (Å²) in [5.74, 6) is 0.817. The highest BCUT2D eigenvalue weighted by Gasteiger charge is 2.09.